The van der Waals surface area contributed by atoms with Gasteiger partial charge in [0.1, 0.15) is 6.04 Å². The van der Waals surface area contributed by atoms with E-state index in [1.54, 1.807) is 29.2 Å². The molecule has 1 atom stereocenters. The summed E-state index contributed by atoms with van der Waals surface area (Å²) >= 11 is 0. The molecule has 0 bridgehead atoms. The van der Waals surface area contributed by atoms with Crippen LogP contribution in [0.3, 0.4) is 0 Å². The first-order valence-corrected chi connectivity index (χ1v) is 12.8. The standard InChI is InChI=1S/C24H24N4O6S/c1-14(29)27-10-2-3-15-12-18(5-7-20(15)27)35(33,34)26-17-4-6-19-16(11-17)13-28(24(19)32)21-8-9-22(30)25-23(21)31/h4-7,11-12,21,26H,2-3,8-10,13H2,1H3,(H,25,30,31). The van der Waals surface area contributed by atoms with Gasteiger partial charge in [-0.15, -0.1) is 0 Å². The van der Waals surface area contributed by atoms with Gasteiger partial charge in [0, 0.05) is 43.4 Å². The van der Waals surface area contributed by atoms with Crippen molar-refractivity contribution in [3.8, 4) is 0 Å². The second-order valence-corrected chi connectivity index (χ2v) is 10.6. The molecular weight excluding hydrogens is 472 g/mol. The van der Waals surface area contributed by atoms with Gasteiger partial charge in [0.2, 0.25) is 17.7 Å². The second kappa shape index (κ2) is 8.49. The molecule has 0 aliphatic carbocycles. The zero-order valence-electron chi connectivity index (χ0n) is 19.0. The van der Waals surface area contributed by atoms with Crippen molar-refractivity contribution in [3.63, 3.8) is 0 Å². The molecular formula is C24H24N4O6S. The summed E-state index contributed by atoms with van der Waals surface area (Å²) in [6, 6.07) is 8.63. The average molecular weight is 497 g/mol. The topological polar surface area (TPSA) is 133 Å². The molecule has 2 aromatic carbocycles. The van der Waals surface area contributed by atoms with E-state index >= 15 is 0 Å². The normalized spacial score (nSPS) is 19.8. The minimum atomic E-state index is -3.92. The average Bonchev–Trinajstić information content (AvgIpc) is 3.13. The first kappa shape index (κ1) is 23.0. The van der Waals surface area contributed by atoms with Gasteiger partial charge < -0.3 is 9.80 Å². The Kier molecular flexibility index (Phi) is 5.59. The van der Waals surface area contributed by atoms with E-state index in [9.17, 15) is 27.6 Å². The van der Waals surface area contributed by atoms with Crippen LogP contribution in [0.1, 0.15) is 47.7 Å². The van der Waals surface area contributed by atoms with Crippen LogP contribution in [0.15, 0.2) is 41.3 Å². The third-order valence-electron chi connectivity index (χ3n) is 6.64. The summed E-state index contributed by atoms with van der Waals surface area (Å²) in [6.07, 6.45) is 1.85. The fourth-order valence-corrected chi connectivity index (χ4v) is 6.02. The van der Waals surface area contributed by atoms with E-state index in [0.717, 1.165) is 17.7 Å². The summed E-state index contributed by atoms with van der Waals surface area (Å²) < 4.78 is 28.8. The molecule has 3 aliphatic rings. The number of sulfonamides is 1. The number of hydrogen-bond donors (Lipinski definition) is 2. The van der Waals surface area contributed by atoms with Crippen molar-refractivity contribution in [2.75, 3.05) is 16.2 Å². The fraction of sp³-hybridized carbons (Fsp3) is 0.333. The third kappa shape index (κ3) is 4.16. The number of fused-ring (bicyclic) bond motifs is 2. The van der Waals surface area contributed by atoms with Gasteiger partial charge in [-0.25, -0.2) is 8.42 Å². The molecule has 2 aromatic rings. The number of rotatable bonds is 4. The van der Waals surface area contributed by atoms with Gasteiger partial charge in [-0.1, -0.05) is 0 Å². The Balaban J connectivity index is 1.36. The predicted octanol–water partition coefficient (Wildman–Crippen LogP) is 1.55. The summed E-state index contributed by atoms with van der Waals surface area (Å²) in [5.74, 6) is -1.27. The van der Waals surface area contributed by atoms with Gasteiger partial charge in [-0.3, -0.25) is 29.2 Å². The van der Waals surface area contributed by atoms with Crippen molar-refractivity contribution in [1.82, 2.24) is 10.2 Å². The Morgan fingerprint density at radius 2 is 1.86 bits per heavy atom. The molecule has 4 amide bonds. The highest BCUT2D eigenvalue weighted by Gasteiger charge is 2.39. The molecule has 1 saturated heterocycles. The number of nitrogens with one attached hydrogen (secondary N) is 2. The molecule has 1 unspecified atom stereocenters. The van der Waals surface area contributed by atoms with Crippen LogP contribution in [0.2, 0.25) is 0 Å². The van der Waals surface area contributed by atoms with Crippen molar-refractivity contribution in [1.29, 1.82) is 0 Å². The highest BCUT2D eigenvalue weighted by Crippen LogP contribution is 2.32. The maximum absolute atomic E-state index is 13.1. The summed E-state index contributed by atoms with van der Waals surface area (Å²) in [6.45, 7) is 2.24. The molecule has 182 valence electrons. The van der Waals surface area contributed by atoms with Crippen molar-refractivity contribution in [2.45, 2.75) is 50.1 Å². The van der Waals surface area contributed by atoms with Gasteiger partial charge in [0.25, 0.3) is 15.9 Å². The van der Waals surface area contributed by atoms with Gasteiger partial charge in [-0.2, -0.15) is 0 Å². The van der Waals surface area contributed by atoms with Crippen LogP contribution in [-0.2, 0) is 37.4 Å². The van der Waals surface area contributed by atoms with Crippen LogP contribution < -0.4 is 14.9 Å². The number of nitrogens with zero attached hydrogens (tertiary/aromatic N) is 2. The molecule has 0 radical (unpaired) electrons. The Morgan fingerprint density at radius 1 is 1.06 bits per heavy atom. The van der Waals surface area contributed by atoms with Crippen LogP contribution in [0.5, 0.6) is 0 Å². The zero-order chi connectivity index (χ0) is 24.9. The molecule has 5 rings (SSSR count). The molecule has 35 heavy (non-hydrogen) atoms. The number of anilines is 2. The minimum absolute atomic E-state index is 0.0845. The number of piperidine rings is 1. The number of imide groups is 1. The summed E-state index contributed by atoms with van der Waals surface area (Å²) in [7, 11) is -3.92. The summed E-state index contributed by atoms with van der Waals surface area (Å²) in [5, 5.41) is 2.26. The van der Waals surface area contributed by atoms with Crippen LogP contribution >= 0.6 is 0 Å². The van der Waals surface area contributed by atoms with E-state index in [2.05, 4.69) is 10.0 Å². The molecule has 0 aromatic heterocycles. The van der Waals surface area contributed by atoms with E-state index in [1.807, 2.05) is 0 Å². The predicted molar refractivity (Wildman–Crippen MR) is 126 cm³/mol. The Hall–Kier alpha value is -3.73. The highest BCUT2D eigenvalue weighted by atomic mass is 32.2. The van der Waals surface area contributed by atoms with Crippen LogP contribution in [0.4, 0.5) is 11.4 Å². The fourth-order valence-electron chi connectivity index (χ4n) is 4.92. The smallest absolute Gasteiger partial charge is 0.261 e. The highest BCUT2D eigenvalue weighted by molar-refractivity contribution is 7.92. The largest absolute Gasteiger partial charge is 0.322 e. The van der Waals surface area contributed by atoms with E-state index in [4.69, 9.17) is 0 Å². The van der Waals surface area contributed by atoms with E-state index in [1.165, 1.54) is 24.0 Å². The molecule has 2 N–H and O–H groups in total. The van der Waals surface area contributed by atoms with Crippen molar-refractivity contribution in [3.05, 3.63) is 53.1 Å². The first-order chi connectivity index (χ1) is 16.6. The quantitative estimate of drug-likeness (QED) is 0.617. The number of benzene rings is 2. The van der Waals surface area contributed by atoms with Gasteiger partial charge in [0.05, 0.1) is 4.90 Å². The molecule has 11 heteroatoms. The molecule has 0 spiro atoms. The van der Waals surface area contributed by atoms with Crippen LogP contribution in [0.25, 0.3) is 0 Å². The van der Waals surface area contributed by atoms with Crippen molar-refractivity contribution in [2.24, 2.45) is 0 Å². The number of carbonyl (C=O) groups is 4. The van der Waals surface area contributed by atoms with Crippen molar-refractivity contribution < 1.29 is 27.6 Å². The monoisotopic (exact) mass is 496 g/mol. The third-order valence-corrected chi connectivity index (χ3v) is 8.01. The Labute approximate surface area is 202 Å². The molecule has 3 aliphatic heterocycles. The van der Waals surface area contributed by atoms with Gasteiger partial charge in [0.15, 0.2) is 0 Å². The lowest BCUT2D eigenvalue weighted by molar-refractivity contribution is -0.137. The number of aryl methyl sites for hydroxylation is 1. The van der Waals surface area contributed by atoms with E-state index in [0.29, 0.717) is 29.8 Å². The maximum atomic E-state index is 13.1. The number of carbonyl (C=O) groups excluding carboxylic acids is 4. The van der Waals surface area contributed by atoms with Crippen LogP contribution in [0, 0.1) is 0 Å². The lowest BCUT2D eigenvalue weighted by Crippen LogP contribution is -2.52. The SMILES string of the molecule is CC(=O)N1CCCc2cc(S(=O)(=O)Nc3ccc4c(c3)CN(C3CCC(=O)NC3=O)C4=O)ccc21. The van der Waals surface area contributed by atoms with E-state index < -0.39 is 22.0 Å². The van der Waals surface area contributed by atoms with Gasteiger partial charge >= 0.3 is 0 Å². The zero-order valence-corrected chi connectivity index (χ0v) is 19.9. The summed E-state index contributed by atoms with van der Waals surface area (Å²) in [4.78, 5) is 51.5. The van der Waals surface area contributed by atoms with Crippen LogP contribution in [-0.4, -0.2) is 49.5 Å². The maximum Gasteiger partial charge on any atom is 0.261 e. The number of amides is 4. The summed E-state index contributed by atoms with van der Waals surface area (Å²) in [5.41, 5.74) is 2.82. The number of hydrogen-bond acceptors (Lipinski definition) is 6. The molecule has 10 nitrogen and oxygen atoms in total. The van der Waals surface area contributed by atoms with Gasteiger partial charge in [-0.05, 0) is 66.8 Å². The first-order valence-electron chi connectivity index (χ1n) is 11.4. The lowest BCUT2D eigenvalue weighted by Gasteiger charge is -2.29. The van der Waals surface area contributed by atoms with E-state index in [-0.39, 0.29) is 42.0 Å². The minimum Gasteiger partial charge on any atom is -0.322 e. The second-order valence-electron chi connectivity index (χ2n) is 8.94. The lowest BCUT2D eigenvalue weighted by atomic mass is 10.0. The molecule has 1 fully saturated rings. The van der Waals surface area contributed by atoms with Crippen molar-refractivity contribution >= 4 is 45.0 Å². The molecule has 0 saturated carbocycles. The molecule has 3 heterocycles. The Morgan fingerprint density at radius 3 is 2.60 bits per heavy atom. The Bertz CT molecular complexity index is 1390.